The number of imidazole rings is 1. The molecule has 0 fully saturated rings. The molecular formula is C18H17N5S. The molecule has 0 atom stereocenters. The highest BCUT2D eigenvalue weighted by molar-refractivity contribution is 7.08. The van der Waals surface area contributed by atoms with Crippen molar-refractivity contribution in [2.24, 2.45) is 0 Å². The van der Waals surface area contributed by atoms with Crippen LogP contribution in [0.25, 0.3) is 16.9 Å². The first-order valence-electron chi connectivity index (χ1n) is 7.61. The van der Waals surface area contributed by atoms with Crippen LogP contribution in [0.1, 0.15) is 0 Å². The molecule has 0 unspecified atom stereocenters. The number of hydrogen-bond donors (Lipinski definition) is 1. The molecule has 1 N–H and O–H groups in total. The zero-order chi connectivity index (χ0) is 16.5. The Morgan fingerprint density at radius 3 is 2.88 bits per heavy atom. The molecule has 0 amide bonds. The van der Waals surface area contributed by atoms with Crippen molar-refractivity contribution in [3.63, 3.8) is 0 Å². The summed E-state index contributed by atoms with van der Waals surface area (Å²) in [5, 5.41) is 7.56. The van der Waals surface area contributed by atoms with Gasteiger partial charge in [0.2, 0.25) is 0 Å². The van der Waals surface area contributed by atoms with Crippen molar-refractivity contribution in [1.82, 2.24) is 14.4 Å². The van der Waals surface area contributed by atoms with E-state index in [1.54, 1.807) is 17.5 Å². The highest BCUT2D eigenvalue weighted by Crippen LogP contribution is 2.27. The Balaban J connectivity index is 1.75. The summed E-state index contributed by atoms with van der Waals surface area (Å²) in [5.41, 5.74) is 5.12. The first kappa shape index (κ1) is 14.7. The van der Waals surface area contributed by atoms with Crippen molar-refractivity contribution in [3.8, 4) is 11.3 Å². The smallest absolute Gasteiger partial charge is 0.180 e. The highest BCUT2D eigenvalue weighted by atomic mass is 32.1. The predicted octanol–water partition coefficient (Wildman–Crippen LogP) is 4.27. The van der Waals surface area contributed by atoms with Gasteiger partial charge in [0.15, 0.2) is 11.5 Å². The van der Waals surface area contributed by atoms with Gasteiger partial charge >= 0.3 is 0 Å². The van der Waals surface area contributed by atoms with Crippen LogP contribution in [0.2, 0.25) is 0 Å². The fourth-order valence-corrected chi connectivity index (χ4v) is 3.28. The lowest BCUT2D eigenvalue weighted by molar-refractivity contribution is 1.13. The number of aromatic nitrogens is 3. The standard InChI is InChI=1S/C18H17N5S/c1-22(2)15-5-3-4-14(10-15)21-17-18-19-7-8-23(18)16(11-20-17)13-6-9-24-12-13/h3-12H,1-2H3,(H,20,21). The van der Waals surface area contributed by atoms with E-state index in [-0.39, 0.29) is 0 Å². The fraction of sp³-hybridized carbons (Fsp3) is 0.111. The van der Waals surface area contributed by atoms with Crippen LogP contribution in [0.15, 0.2) is 59.7 Å². The summed E-state index contributed by atoms with van der Waals surface area (Å²) >= 11 is 1.67. The maximum absolute atomic E-state index is 4.60. The number of nitrogens with one attached hydrogen (secondary N) is 1. The van der Waals surface area contributed by atoms with E-state index < -0.39 is 0 Å². The molecule has 0 aliphatic heterocycles. The third-order valence-corrected chi connectivity index (χ3v) is 4.55. The van der Waals surface area contributed by atoms with E-state index in [1.807, 2.05) is 38.6 Å². The SMILES string of the molecule is CN(C)c1cccc(Nc2ncc(-c3ccsc3)n3ccnc23)c1. The summed E-state index contributed by atoms with van der Waals surface area (Å²) in [7, 11) is 4.06. The summed E-state index contributed by atoms with van der Waals surface area (Å²) in [6.07, 6.45) is 5.65. The Bertz CT molecular complexity index is 972. The lowest BCUT2D eigenvalue weighted by Gasteiger charge is -2.15. The third kappa shape index (κ3) is 2.61. The first-order valence-corrected chi connectivity index (χ1v) is 8.56. The van der Waals surface area contributed by atoms with Crippen molar-refractivity contribution in [2.45, 2.75) is 0 Å². The first-order chi connectivity index (χ1) is 11.7. The Kier molecular flexibility index (Phi) is 3.66. The van der Waals surface area contributed by atoms with Gasteiger partial charge in [-0.05, 0) is 29.6 Å². The third-order valence-electron chi connectivity index (χ3n) is 3.87. The Morgan fingerprint density at radius 1 is 1.17 bits per heavy atom. The predicted molar refractivity (Wildman–Crippen MR) is 100 cm³/mol. The molecule has 4 rings (SSSR count). The second-order valence-corrected chi connectivity index (χ2v) is 6.47. The maximum Gasteiger partial charge on any atom is 0.180 e. The molecule has 0 bridgehead atoms. The molecule has 0 aliphatic rings. The second-order valence-electron chi connectivity index (χ2n) is 5.69. The van der Waals surface area contributed by atoms with E-state index in [1.165, 1.54) is 0 Å². The summed E-state index contributed by atoms with van der Waals surface area (Å²) in [6.45, 7) is 0. The topological polar surface area (TPSA) is 45.5 Å². The van der Waals surface area contributed by atoms with Crippen molar-refractivity contribution < 1.29 is 0 Å². The molecule has 3 aromatic heterocycles. The van der Waals surface area contributed by atoms with E-state index in [9.17, 15) is 0 Å². The van der Waals surface area contributed by atoms with Crippen LogP contribution < -0.4 is 10.2 Å². The van der Waals surface area contributed by atoms with Crippen LogP contribution in [-0.4, -0.2) is 28.5 Å². The van der Waals surface area contributed by atoms with E-state index in [0.717, 1.165) is 34.1 Å². The summed E-state index contributed by atoms with van der Waals surface area (Å²) in [6, 6.07) is 10.3. The fourth-order valence-electron chi connectivity index (χ4n) is 2.63. The van der Waals surface area contributed by atoms with Gasteiger partial charge in [-0.15, -0.1) is 0 Å². The number of rotatable bonds is 4. The molecule has 0 saturated carbocycles. The van der Waals surface area contributed by atoms with Gasteiger partial charge in [-0.2, -0.15) is 11.3 Å². The van der Waals surface area contributed by atoms with Crippen LogP contribution in [0.3, 0.4) is 0 Å². The van der Waals surface area contributed by atoms with E-state index >= 15 is 0 Å². The summed E-state index contributed by atoms with van der Waals surface area (Å²) in [5.74, 6) is 0.745. The average molecular weight is 335 g/mol. The van der Waals surface area contributed by atoms with Crippen molar-refractivity contribution in [3.05, 3.63) is 59.7 Å². The van der Waals surface area contributed by atoms with Gasteiger partial charge in [0.25, 0.3) is 0 Å². The van der Waals surface area contributed by atoms with Crippen molar-refractivity contribution in [1.29, 1.82) is 0 Å². The summed E-state index contributed by atoms with van der Waals surface area (Å²) in [4.78, 5) is 11.1. The molecule has 5 nitrogen and oxygen atoms in total. The van der Waals surface area contributed by atoms with Gasteiger partial charge in [0.05, 0.1) is 11.9 Å². The number of benzene rings is 1. The molecule has 1 aromatic carbocycles. The zero-order valence-electron chi connectivity index (χ0n) is 13.5. The normalized spacial score (nSPS) is 10.9. The second kappa shape index (κ2) is 5.98. The zero-order valence-corrected chi connectivity index (χ0v) is 14.3. The minimum Gasteiger partial charge on any atom is -0.378 e. The van der Waals surface area contributed by atoms with Gasteiger partial charge in [-0.25, -0.2) is 9.97 Å². The molecule has 0 radical (unpaired) electrons. The average Bonchev–Trinajstić information content (AvgIpc) is 3.27. The van der Waals surface area contributed by atoms with Crippen LogP contribution in [0.5, 0.6) is 0 Å². The molecule has 6 heteroatoms. The molecule has 3 heterocycles. The quantitative estimate of drug-likeness (QED) is 0.605. The monoisotopic (exact) mass is 335 g/mol. The Hall–Kier alpha value is -2.86. The number of anilines is 3. The molecule has 0 saturated heterocycles. The number of fused-ring (bicyclic) bond motifs is 1. The van der Waals surface area contributed by atoms with Crippen molar-refractivity contribution in [2.75, 3.05) is 24.3 Å². The van der Waals surface area contributed by atoms with Crippen LogP contribution in [0.4, 0.5) is 17.2 Å². The van der Waals surface area contributed by atoms with Crippen LogP contribution in [-0.2, 0) is 0 Å². The lowest BCUT2D eigenvalue weighted by Crippen LogP contribution is -2.08. The Labute approximate surface area is 144 Å². The minimum atomic E-state index is 0.745. The van der Waals surface area contributed by atoms with Crippen LogP contribution >= 0.6 is 11.3 Å². The molecule has 0 aliphatic carbocycles. The lowest BCUT2D eigenvalue weighted by atomic mass is 10.2. The number of hydrogen-bond acceptors (Lipinski definition) is 5. The molecule has 4 aromatic rings. The van der Waals surface area contributed by atoms with Gasteiger partial charge in [-0.3, -0.25) is 4.40 Å². The highest BCUT2D eigenvalue weighted by Gasteiger charge is 2.11. The van der Waals surface area contributed by atoms with Gasteiger partial charge in [0.1, 0.15) is 0 Å². The van der Waals surface area contributed by atoms with Crippen LogP contribution in [0, 0.1) is 0 Å². The van der Waals surface area contributed by atoms with Gasteiger partial charge in [-0.1, -0.05) is 6.07 Å². The van der Waals surface area contributed by atoms with Gasteiger partial charge < -0.3 is 10.2 Å². The van der Waals surface area contributed by atoms with E-state index in [0.29, 0.717) is 0 Å². The Morgan fingerprint density at radius 2 is 2.08 bits per heavy atom. The largest absolute Gasteiger partial charge is 0.378 e. The number of nitrogens with zero attached hydrogens (tertiary/aromatic N) is 4. The molecule has 120 valence electrons. The number of thiophene rings is 1. The molecular weight excluding hydrogens is 318 g/mol. The van der Waals surface area contributed by atoms with E-state index in [2.05, 4.69) is 53.5 Å². The minimum absolute atomic E-state index is 0.745. The maximum atomic E-state index is 4.60. The van der Waals surface area contributed by atoms with Crippen molar-refractivity contribution >= 4 is 34.2 Å². The molecule has 0 spiro atoms. The van der Waals surface area contributed by atoms with E-state index in [4.69, 9.17) is 0 Å². The summed E-state index contributed by atoms with van der Waals surface area (Å²) < 4.78 is 2.06. The molecule has 24 heavy (non-hydrogen) atoms. The van der Waals surface area contributed by atoms with Gasteiger partial charge in [0, 0.05) is 48.8 Å².